The number of pyridine rings is 1. The second-order valence-corrected chi connectivity index (χ2v) is 4.63. The summed E-state index contributed by atoms with van der Waals surface area (Å²) in [5.74, 6) is 1.15. The molecule has 118 valence electrons. The van der Waals surface area contributed by atoms with E-state index in [1.165, 1.54) is 7.05 Å². The molecule has 8 heteroatoms. The van der Waals surface area contributed by atoms with Crippen LogP contribution in [0.15, 0.2) is 23.3 Å². The lowest BCUT2D eigenvalue weighted by Gasteiger charge is -2.15. The van der Waals surface area contributed by atoms with Crippen molar-refractivity contribution in [3.8, 4) is 0 Å². The Morgan fingerprint density at radius 3 is 2.62 bits per heavy atom. The van der Waals surface area contributed by atoms with E-state index >= 15 is 0 Å². The number of hydrogen-bond acceptors (Lipinski definition) is 3. The van der Waals surface area contributed by atoms with E-state index in [4.69, 9.17) is 0 Å². The number of aliphatic imine (C=N–C) groups is 1. The molecule has 0 aromatic carbocycles. The summed E-state index contributed by atoms with van der Waals surface area (Å²) in [5, 5.41) is 5.59. The van der Waals surface area contributed by atoms with Gasteiger partial charge in [-0.3, -0.25) is 4.99 Å². The third kappa shape index (κ3) is 6.82. The van der Waals surface area contributed by atoms with Crippen LogP contribution in [0.5, 0.6) is 0 Å². The molecule has 0 fully saturated rings. The molecule has 0 aliphatic rings. The molecule has 1 aromatic rings. The summed E-state index contributed by atoms with van der Waals surface area (Å²) in [7, 11) is 5.29. The smallest absolute Gasteiger partial charge is 0.363 e. The zero-order valence-electron chi connectivity index (χ0n) is 12.3. The highest BCUT2D eigenvalue weighted by Gasteiger charge is 2.26. The van der Waals surface area contributed by atoms with Crippen LogP contribution in [0.3, 0.4) is 0 Å². The molecule has 2 N–H and O–H groups in total. The van der Waals surface area contributed by atoms with Gasteiger partial charge in [0.2, 0.25) is 0 Å². The molecule has 0 spiro atoms. The summed E-state index contributed by atoms with van der Waals surface area (Å²) in [6, 6.07) is 3.74. The summed E-state index contributed by atoms with van der Waals surface area (Å²) in [4.78, 5) is 9.95. The van der Waals surface area contributed by atoms with E-state index in [2.05, 4.69) is 20.6 Å². The standard InChI is InChI=1S/C13H20F3N5/c1-17-12(19-7-5-13(14,15)16)20-9-10-4-6-18-11(8-10)21(2)3/h4,6,8H,5,7,9H2,1-3H3,(H2,17,19,20). The van der Waals surface area contributed by atoms with Gasteiger partial charge in [0.15, 0.2) is 5.96 Å². The second-order valence-electron chi connectivity index (χ2n) is 4.63. The fraction of sp³-hybridized carbons (Fsp3) is 0.538. The van der Waals surface area contributed by atoms with Crippen LogP contribution in [0.1, 0.15) is 12.0 Å². The van der Waals surface area contributed by atoms with E-state index in [-0.39, 0.29) is 6.54 Å². The van der Waals surface area contributed by atoms with Gasteiger partial charge >= 0.3 is 6.18 Å². The second kappa shape index (κ2) is 7.70. The van der Waals surface area contributed by atoms with Crippen LogP contribution in [0, 0.1) is 0 Å². The fourth-order valence-electron chi connectivity index (χ4n) is 1.54. The Kier molecular flexibility index (Phi) is 6.26. The van der Waals surface area contributed by atoms with Crippen LogP contribution in [0.2, 0.25) is 0 Å². The molecule has 0 saturated heterocycles. The molecule has 0 atom stereocenters. The Morgan fingerprint density at radius 1 is 1.33 bits per heavy atom. The molecule has 0 bridgehead atoms. The molecule has 0 aliphatic heterocycles. The van der Waals surface area contributed by atoms with E-state index in [9.17, 15) is 13.2 Å². The number of nitrogens with zero attached hydrogens (tertiary/aromatic N) is 3. The number of anilines is 1. The minimum absolute atomic E-state index is 0.206. The first kappa shape index (κ1) is 17.1. The van der Waals surface area contributed by atoms with Crippen molar-refractivity contribution < 1.29 is 13.2 Å². The number of hydrogen-bond donors (Lipinski definition) is 2. The molecule has 1 rings (SSSR count). The van der Waals surface area contributed by atoms with Crippen molar-refractivity contribution in [2.24, 2.45) is 4.99 Å². The summed E-state index contributed by atoms with van der Waals surface area (Å²) in [6.07, 6.45) is -3.38. The Morgan fingerprint density at radius 2 is 2.05 bits per heavy atom. The molecule has 1 aromatic heterocycles. The van der Waals surface area contributed by atoms with E-state index in [0.717, 1.165) is 11.4 Å². The highest BCUT2D eigenvalue weighted by atomic mass is 19.4. The average Bonchev–Trinajstić information content (AvgIpc) is 2.41. The van der Waals surface area contributed by atoms with Gasteiger partial charge in [0.25, 0.3) is 0 Å². The quantitative estimate of drug-likeness (QED) is 0.643. The molecule has 0 amide bonds. The molecule has 0 saturated carbocycles. The maximum atomic E-state index is 12.1. The summed E-state index contributed by atoms with van der Waals surface area (Å²) in [5.41, 5.74) is 0.965. The maximum Gasteiger partial charge on any atom is 0.390 e. The van der Waals surface area contributed by atoms with E-state index < -0.39 is 12.6 Å². The van der Waals surface area contributed by atoms with Gasteiger partial charge in [-0.15, -0.1) is 0 Å². The third-order valence-electron chi connectivity index (χ3n) is 2.65. The van der Waals surface area contributed by atoms with E-state index in [1.807, 2.05) is 31.1 Å². The zero-order valence-corrected chi connectivity index (χ0v) is 12.3. The molecular weight excluding hydrogens is 283 g/mol. The lowest BCUT2D eigenvalue weighted by molar-refractivity contribution is -0.132. The third-order valence-corrected chi connectivity index (χ3v) is 2.65. The average molecular weight is 303 g/mol. The Labute approximate surface area is 122 Å². The molecule has 0 aliphatic carbocycles. The molecule has 5 nitrogen and oxygen atoms in total. The minimum Gasteiger partial charge on any atom is -0.363 e. The van der Waals surface area contributed by atoms with Crippen molar-refractivity contribution in [1.82, 2.24) is 15.6 Å². The van der Waals surface area contributed by atoms with Crippen LogP contribution in [-0.2, 0) is 6.54 Å². The molecule has 0 unspecified atom stereocenters. The van der Waals surface area contributed by atoms with Gasteiger partial charge < -0.3 is 15.5 Å². The number of aromatic nitrogens is 1. The number of alkyl halides is 3. The number of guanidine groups is 1. The van der Waals surface area contributed by atoms with Crippen molar-refractivity contribution >= 4 is 11.8 Å². The summed E-state index contributed by atoms with van der Waals surface area (Å²) < 4.78 is 36.2. The van der Waals surface area contributed by atoms with Gasteiger partial charge in [0.05, 0.1) is 6.42 Å². The number of rotatable bonds is 5. The Balaban J connectivity index is 2.47. The van der Waals surface area contributed by atoms with Gasteiger partial charge in [-0.2, -0.15) is 13.2 Å². The Bertz CT molecular complexity index is 471. The van der Waals surface area contributed by atoms with Crippen LogP contribution in [-0.4, -0.2) is 44.8 Å². The van der Waals surface area contributed by atoms with Crippen LogP contribution in [0.25, 0.3) is 0 Å². The zero-order chi connectivity index (χ0) is 15.9. The first-order valence-corrected chi connectivity index (χ1v) is 6.45. The minimum atomic E-state index is -4.17. The Hall–Kier alpha value is -1.99. The number of nitrogens with one attached hydrogen (secondary N) is 2. The summed E-state index contributed by atoms with van der Waals surface area (Å²) >= 11 is 0. The topological polar surface area (TPSA) is 52.6 Å². The van der Waals surface area contributed by atoms with Crippen molar-refractivity contribution in [3.05, 3.63) is 23.9 Å². The molecular formula is C13H20F3N5. The van der Waals surface area contributed by atoms with Gasteiger partial charge in [0, 0.05) is 40.4 Å². The maximum absolute atomic E-state index is 12.1. The number of halogens is 3. The first-order valence-electron chi connectivity index (χ1n) is 6.45. The van der Waals surface area contributed by atoms with Crippen molar-refractivity contribution in [2.75, 3.05) is 32.6 Å². The first-order chi connectivity index (χ1) is 9.81. The monoisotopic (exact) mass is 303 g/mol. The van der Waals surface area contributed by atoms with Crippen molar-refractivity contribution in [3.63, 3.8) is 0 Å². The van der Waals surface area contributed by atoms with Crippen LogP contribution < -0.4 is 15.5 Å². The highest BCUT2D eigenvalue weighted by molar-refractivity contribution is 5.79. The van der Waals surface area contributed by atoms with Crippen molar-refractivity contribution in [1.29, 1.82) is 0 Å². The molecule has 1 heterocycles. The van der Waals surface area contributed by atoms with E-state index in [1.54, 1.807) is 6.20 Å². The largest absolute Gasteiger partial charge is 0.390 e. The predicted molar refractivity (Wildman–Crippen MR) is 77.4 cm³/mol. The molecule has 0 radical (unpaired) electrons. The van der Waals surface area contributed by atoms with Gasteiger partial charge in [0.1, 0.15) is 5.82 Å². The lowest BCUT2D eigenvalue weighted by Crippen LogP contribution is -2.38. The molecule has 21 heavy (non-hydrogen) atoms. The fourth-order valence-corrected chi connectivity index (χ4v) is 1.54. The van der Waals surface area contributed by atoms with Gasteiger partial charge in [-0.1, -0.05) is 0 Å². The van der Waals surface area contributed by atoms with Gasteiger partial charge in [-0.05, 0) is 17.7 Å². The van der Waals surface area contributed by atoms with Crippen LogP contribution in [0.4, 0.5) is 19.0 Å². The van der Waals surface area contributed by atoms with Gasteiger partial charge in [-0.25, -0.2) is 4.98 Å². The van der Waals surface area contributed by atoms with Crippen molar-refractivity contribution in [2.45, 2.75) is 19.1 Å². The summed E-state index contributed by atoms with van der Waals surface area (Å²) in [6.45, 7) is 0.248. The lowest BCUT2D eigenvalue weighted by atomic mass is 10.2. The normalized spacial score (nSPS) is 12.2. The highest BCUT2D eigenvalue weighted by Crippen LogP contribution is 2.18. The van der Waals surface area contributed by atoms with E-state index in [0.29, 0.717) is 12.5 Å². The predicted octanol–water partition coefficient (Wildman–Crippen LogP) is 1.76. The SMILES string of the molecule is CN=C(NCCC(F)(F)F)NCc1ccnc(N(C)C)c1. The van der Waals surface area contributed by atoms with Crippen LogP contribution >= 0.6 is 0 Å².